The molecule has 0 saturated carbocycles. The van der Waals surface area contributed by atoms with E-state index in [1.807, 2.05) is 28.5 Å². The average molecular weight is 400 g/mol. The van der Waals surface area contributed by atoms with Gasteiger partial charge in [-0.25, -0.2) is 4.98 Å². The number of likely N-dealkylation sites (tertiary alicyclic amines) is 1. The normalized spacial score (nSPS) is 16.7. The Morgan fingerprint density at radius 1 is 1.25 bits per heavy atom. The lowest BCUT2D eigenvalue weighted by Crippen LogP contribution is -2.47. The van der Waals surface area contributed by atoms with Gasteiger partial charge in [-0.3, -0.25) is 14.5 Å². The molecule has 2 amide bonds. The SMILES string of the molecule is CCCc1nc(-c2ccc3c(c2)N(CC(=O)N2CCCCC2)C(=O)CO3)cs1. The first-order valence-corrected chi connectivity index (χ1v) is 10.8. The predicted molar refractivity (Wildman–Crippen MR) is 110 cm³/mol. The summed E-state index contributed by atoms with van der Waals surface area (Å²) < 4.78 is 5.59. The number of carbonyl (C=O) groups is 2. The van der Waals surface area contributed by atoms with Gasteiger partial charge in [0.15, 0.2) is 6.61 Å². The second-order valence-corrected chi connectivity index (χ2v) is 8.21. The first-order chi connectivity index (χ1) is 13.7. The van der Waals surface area contributed by atoms with Crippen LogP contribution in [0.3, 0.4) is 0 Å². The molecule has 3 heterocycles. The maximum atomic E-state index is 12.7. The van der Waals surface area contributed by atoms with Crippen LogP contribution in [-0.2, 0) is 16.0 Å². The van der Waals surface area contributed by atoms with E-state index in [2.05, 4.69) is 6.92 Å². The molecule has 1 aromatic carbocycles. The van der Waals surface area contributed by atoms with Crippen molar-refractivity contribution in [2.24, 2.45) is 0 Å². The molecule has 0 aliphatic carbocycles. The number of nitrogens with zero attached hydrogens (tertiary/aromatic N) is 3. The number of aryl methyl sites for hydroxylation is 1. The molecule has 2 aliphatic heterocycles. The van der Waals surface area contributed by atoms with Gasteiger partial charge in [-0.05, 0) is 50.3 Å². The first-order valence-electron chi connectivity index (χ1n) is 9.95. The molecule has 0 N–H and O–H groups in total. The monoisotopic (exact) mass is 399 g/mol. The van der Waals surface area contributed by atoms with Gasteiger partial charge in [0, 0.05) is 24.0 Å². The summed E-state index contributed by atoms with van der Waals surface area (Å²) in [5.41, 5.74) is 2.49. The zero-order valence-corrected chi connectivity index (χ0v) is 17.0. The fraction of sp³-hybridized carbons (Fsp3) is 0.476. The number of benzene rings is 1. The zero-order valence-electron chi connectivity index (χ0n) is 16.1. The summed E-state index contributed by atoms with van der Waals surface area (Å²) in [5.74, 6) is 0.462. The van der Waals surface area contributed by atoms with E-state index >= 15 is 0 Å². The summed E-state index contributed by atoms with van der Waals surface area (Å²) in [6.07, 6.45) is 5.26. The molecular weight excluding hydrogens is 374 g/mol. The number of thiazole rings is 1. The van der Waals surface area contributed by atoms with Crippen LogP contribution >= 0.6 is 11.3 Å². The minimum atomic E-state index is -0.181. The first kappa shape index (κ1) is 18.9. The Morgan fingerprint density at radius 3 is 2.86 bits per heavy atom. The van der Waals surface area contributed by atoms with E-state index in [4.69, 9.17) is 9.72 Å². The fourth-order valence-electron chi connectivity index (χ4n) is 3.69. The van der Waals surface area contributed by atoms with Crippen LogP contribution in [0.15, 0.2) is 23.6 Å². The van der Waals surface area contributed by atoms with E-state index in [1.165, 1.54) is 6.42 Å². The lowest BCUT2D eigenvalue weighted by molar-refractivity contribution is -0.132. The summed E-state index contributed by atoms with van der Waals surface area (Å²) >= 11 is 1.65. The van der Waals surface area contributed by atoms with Crippen LogP contribution in [0.1, 0.15) is 37.6 Å². The molecule has 0 atom stereocenters. The van der Waals surface area contributed by atoms with Crippen molar-refractivity contribution in [1.29, 1.82) is 0 Å². The second-order valence-electron chi connectivity index (χ2n) is 7.27. The van der Waals surface area contributed by atoms with Crippen LogP contribution in [0.5, 0.6) is 5.75 Å². The van der Waals surface area contributed by atoms with Crippen molar-refractivity contribution in [3.63, 3.8) is 0 Å². The highest BCUT2D eigenvalue weighted by Crippen LogP contribution is 2.36. The molecule has 0 spiro atoms. The standard InChI is InChI=1S/C21H25N3O3S/c1-2-6-19-22-16(14-28-19)15-7-8-18-17(11-15)24(21(26)13-27-18)12-20(25)23-9-4-3-5-10-23/h7-8,11,14H,2-6,9-10,12-13H2,1H3. The molecule has 0 radical (unpaired) electrons. The second kappa shape index (κ2) is 8.31. The lowest BCUT2D eigenvalue weighted by atomic mass is 10.1. The van der Waals surface area contributed by atoms with E-state index in [0.29, 0.717) is 11.4 Å². The van der Waals surface area contributed by atoms with Gasteiger partial charge in [-0.2, -0.15) is 0 Å². The molecule has 1 fully saturated rings. The third-order valence-corrected chi connectivity index (χ3v) is 6.12. The fourth-order valence-corrected chi connectivity index (χ4v) is 4.60. The minimum Gasteiger partial charge on any atom is -0.482 e. The predicted octanol–water partition coefficient (Wildman–Crippen LogP) is 3.50. The van der Waals surface area contributed by atoms with Crippen LogP contribution in [-0.4, -0.2) is 47.9 Å². The Hall–Kier alpha value is -2.41. The number of carbonyl (C=O) groups excluding carboxylic acids is 2. The van der Waals surface area contributed by atoms with Gasteiger partial charge in [-0.15, -0.1) is 11.3 Å². The molecule has 1 aromatic heterocycles. The number of hydrogen-bond acceptors (Lipinski definition) is 5. The van der Waals surface area contributed by atoms with Gasteiger partial charge in [0.1, 0.15) is 12.3 Å². The maximum Gasteiger partial charge on any atom is 0.265 e. The molecule has 7 heteroatoms. The van der Waals surface area contributed by atoms with Crippen molar-refractivity contribution in [2.45, 2.75) is 39.0 Å². The highest BCUT2D eigenvalue weighted by molar-refractivity contribution is 7.09. The topological polar surface area (TPSA) is 62.7 Å². The molecule has 28 heavy (non-hydrogen) atoms. The number of piperidine rings is 1. The third kappa shape index (κ3) is 3.90. The smallest absolute Gasteiger partial charge is 0.265 e. The summed E-state index contributed by atoms with van der Waals surface area (Å²) in [7, 11) is 0. The van der Waals surface area contributed by atoms with Gasteiger partial charge >= 0.3 is 0 Å². The Bertz CT molecular complexity index is 874. The van der Waals surface area contributed by atoms with E-state index in [0.717, 1.165) is 55.0 Å². The maximum absolute atomic E-state index is 12.7. The molecule has 4 rings (SSSR count). The van der Waals surface area contributed by atoms with Crippen LogP contribution < -0.4 is 9.64 Å². The number of aromatic nitrogens is 1. The number of fused-ring (bicyclic) bond motifs is 1. The van der Waals surface area contributed by atoms with Crippen LogP contribution in [0, 0.1) is 0 Å². The highest BCUT2D eigenvalue weighted by atomic mass is 32.1. The minimum absolute atomic E-state index is 0.00481. The number of anilines is 1. The van der Waals surface area contributed by atoms with Crippen LogP contribution in [0.2, 0.25) is 0 Å². The van der Waals surface area contributed by atoms with Gasteiger partial charge in [0.2, 0.25) is 5.91 Å². The van der Waals surface area contributed by atoms with Crippen molar-refractivity contribution in [2.75, 3.05) is 31.1 Å². The van der Waals surface area contributed by atoms with Crippen molar-refractivity contribution >= 4 is 28.8 Å². The van der Waals surface area contributed by atoms with Crippen LogP contribution in [0.4, 0.5) is 5.69 Å². The quantitative estimate of drug-likeness (QED) is 0.772. The van der Waals surface area contributed by atoms with E-state index in [-0.39, 0.29) is 25.0 Å². The molecule has 6 nitrogen and oxygen atoms in total. The van der Waals surface area contributed by atoms with Gasteiger partial charge in [0.05, 0.1) is 16.4 Å². The molecule has 0 bridgehead atoms. The summed E-state index contributed by atoms with van der Waals surface area (Å²) in [5, 5.41) is 3.15. The average Bonchev–Trinajstić information content (AvgIpc) is 3.19. The van der Waals surface area contributed by atoms with Crippen LogP contribution in [0.25, 0.3) is 11.3 Å². The molecule has 0 unspecified atom stereocenters. The van der Waals surface area contributed by atoms with Gasteiger partial charge < -0.3 is 9.64 Å². The molecule has 1 saturated heterocycles. The van der Waals surface area contributed by atoms with Gasteiger partial charge in [-0.1, -0.05) is 6.92 Å². The number of ether oxygens (including phenoxy) is 1. The molecule has 2 aliphatic rings. The Morgan fingerprint density at radius 2 is 2.07 bits per heavy atom. The van der Waals surface area contributed by atoms with Gasteiger partial charge in [0.25, 0.3) is 5.91 Å². The Balaban J connectivity index is 1.59. The van der Waals surface area contributed by atoms with Crippen molar-refractivity contribution in [3.8, 4) is 17.0 Å². The van der Waals surface area contributed by atoms with Crippen molar-refractivity contribution in [3.05, 3.63) is 28.6 Å². The summed E-state index contributed by atoms with van der Waals surface area (Å²) in [6.45, 7) is 3.74. The zero-order chi connectivity index (χ0) is 19.5. The summed E-state index contributed by atoms with van der Waals surface area (Å²) in [4.78, 5) is 33.4. The Kier molecular flexibility index (Phi) is 5.62. The third-order valence-electron chi connectivity index (χ3n) is 5.22. The molecular formula is C21H25N3O3S. The summed E-state index contributed by atoms with van der Waals surface area (Å²) in [6, 6.07) is 5.75. The largest absolute Gasteiger partial charge is 0.482 e. The number of amides is 2. The number of rotatable bonds is 5. The molecule has 148 valence electrons. The van der Waals surface area contributed by atoms with E-state index < -0.39 is 0 Å². The Labute approximate surface area is 169 Å². The van der Waals surface area contributed by atoms with Crippen molar-refractivity contribution in [1.82, 2.24) is 9.88 Å². The van der Waals surface area contributed by atoms with Crippen molar-refractivity contribution < 1.29 is 14.3 Å². The van der Waals surface area contributed by atoms with E-state index in [9.17, 15) is 9.59 Å². The highest BCUT2D eigenvalue weighted by Gasteiger charge is 2.29. The van der Waals surface area contributed by atoms with E-state index in [1.54, 1.807) is 16.2 Å². The lowest BCUT2D eigenvalue weighted by Gasteiger charge is -2.32. The number of hydrogen-bond donors (Lipinski definition) is 0. The molecule has 2 aromatic rings.